The van der Waals surface area contributed by atoms with E-state index in [-0.39, 0.29) is 23.6 Å². The quantitative estimate of drug-likeness (QED) is 0.733. The van der Waals surface area contributed by atoms with Crippen LogP contribution in [0, 0.1) is 5.92 Å². The molecule has 0 aromatic heterocycles. The Bertz CT molecular complexity index is 437. The van der Waals surface area contributed by atoms with Crippen molar-refractivity contribution in [3.63, 3.8) is 0 Å². The van der Waals surface area contributed by atoms with Gasteiger partial charge in [0.05, 0.1) is 10.2 Å². The molecular formula is C12H15BrN2O2. The van der Waals surface area contributed by atoms with Gasteiger partial charge in [0.1, 0.15) is 0 Å². The summed E-state index contributed by atoms with van der Waals surface area (Å²) in [6, 6.07) is 5.28. The molecule has 5 heteroatoms. The highest BCUT2D eigenvalue weighted by atomic mass is 79.9. The minimum atomic E-state index is -0.0636. The molecule has 1 saturated carbocycles. The van der Waals surface area contributed by atoms with E-state index in [2.05, 4.69) is 21.2 Å². The molecule has 0 bridgehead atoms. The van der Waals surface area contributed by atoms with E-state index in [0.29, 0.717) is 10.2 Å². The van der Waals surface area contributed by atoms with Crippen LogP contribution >= 0.6 is 15.9 Å². The Kier molecular flexibility index (Phi) is 3.69. The maximum atomic E-state index is 11.9. The van der Waals surface area contributed by atoms with Gasteiger partial charge in [0.15, 0.2) is 5.75 Å². The van der Waals surface area contributed by atoms with Crippen molar-refractivity contribution < 1.29 is 9.90 Å². The second-order valence-corrected chi connectivity index (χ2v) is 5.25. The molecule has 1 aromatic rings. The summed E-state index contributed by atoms with van der Waals surface area (Å²) in [6.07, 6.45) is 2.44. The monoisotopic (exact) mass is 298 g/mol. The van der Waals surface area contributed by atoms with E-state index in [9.17, 15) is 9.90 Å². The van der Waals surface area contributed by atoms with Gasteiger partial charge in [0.2, 0.25) is 5.91 Å². The molecule has 1 aliphatic carbocycles. The van der Waals surface area contributed by atoms with Crippen LogP contribution in [0.15, 0.2) is 22.7 Å². The number of anilines is 1. The summed E-state index contributed by atoms with van der Waals surface area (Å²) in [4.78, 5) is 11.9. The van der Waals surface area contributed by atoms with Crippen LogP contribution in [0.5, 0.6) is 5.75 Å². The first-order valence-electron chi connectivity index (χ1n) is 5.62. The topological polar surface area (TPSA) is 75.4 Å². The molecule has 1 fully saturated rings. The van der Waals surface area contributed by atoms with Gasteiger partial charge in [-0.1, -0.05) is 6.07 Å². The number of phenolic OH excluding ortho intramolecular Hbond substituents is 1. The van der Waals surface area contributed by atoms with Crippen molar-refractivity contribution in [1.82, 2.24) is 0 Å². The Balaban J connectivity index is 2.06. The molecule has 4 nitrogen and oxygen atoms in total. The number of benzene rings is 1. The highest BCUT2D eigenvalue weighted by molar-refractivity contribution is 9.10. The van der Waals surface area contributed by atoms with E-state index in [1.54, 1.807) is 18.2 Å². The first-order valence-corrected chi connectivity index (χ1v) is 6.41. The van der Waals surface area contributed by atoms with Crippen LogP contribution in [0.3, 0.4) is 0 Å². The molecule has 0 saturated heterocycles. The predicted octanol–water partition coefficient (Wildman–Crippen LogP) is 2.22. The largest absolute Gasteiger partial charge is 0.505 e. The molecule has 17 heavy (non-hydrogen) atoms. The fourth-order valence-corrected chi connectivity index (χ4v) is 2.47. The number of carbonyl (C=O) groups excluding carboxylic acids is 1. The number of nitrogens with two attached hydrogens (primary N) is 1. The molecule has 2 atom stereocenters. The van der Waals surface area contributed by atoms with Crippen LogP contribution in [0.2, 0.25) is 0 Å². The van der Waals surface area contributed by atoms with Gasteiger partial charge in [-0.25, -0.2) is 0 Å². The number of nitrogens with one attached hydrogen (secondary N) is 1. The molecule has 4 N–H and O–H groups in total. The molecule has 2 rings (SSSR count). The highest BCUT2D eigenvalue weighted by Crippen LogP contribution is 2.33. The number of halogens is 1. The molecular weight excluding hydrogens is 284 g/mol. The number of carbonyl (C=O) groups is 1. The number of para-hydroxylation sites is 1. The molecule has 0 spiro atoms. The lowest BCUT2D eigenvalue weighted by molar-refractivity contribution is -0.119. The molecule has 2 unspecified atom stereocenters. The van der Waals surface area contributed by atoms with Crippen LogP contribution in [0.1, 0.15) is 19.3 Å². The Labute approximate surface area is 108 Å². The van der Waals surface area contributed by atoms with Crippen LogP contribution in [-0.2, 0) is 4.79 Å². The van der Waals surface area contributed by atoms with Gasteiger partial charge in [-0.3, -0.25) is 4.79 Å². The minimum Gasteiger partial charge on any atom is -0.505 e. The fraction of sp³-hybridized carbons (Fsp3) is 0.417. The molecule has 1 amide bonds. The van der Waals surface area contributed by atoms with E-state index in [0.717, 1.165) is 19.3 Å². The summed E-state index contributed by atoms with van der Waals surface area (Å²) < 4.78 is 0.568. The zero-order valence-electron chi connectivity index (χ0n) is 9.32. The van der Waals surface area contributed by atoms with E-state index in [4.69, 9.17) is 5.73 Å². The van der Waals surface area contributed by atoms with Crippen LogP contribution in [0.4, 0.5) is 5.69 Å². The lowest BCUT2D eigenvalue weighted by Crippen LogP contribution is -2.23. The molecule has 1 aromatic carbocycles. The van der Waals surface area contributed by atoms with Crippen molar-refractivity contribution in [3.8, 4) is 5.75 Å². The van der Waals surface area contributed by atoms with Crippen molar-refractivity contribution >= 4 is 27.5 Å². The van der Waals surface area contributed by atoms with Crippen LogP contribution in [-0.4, -0.2) is 17.1 Å². The second kappa shape index (κ2) is 5.06. The normalized spacial score (nSPS) is 23.6. The summed E-state index contributed by atoms with van der Waals surface area (Å²) in [5.74, 6) is -0.0436. The Morgan fingerprint density at radius 2 is 2.24 bits per heavy atom. The maximum Gasteiger partial charge on any atom is 0.227 e. The number of hydrogen-bond donors (Lipinski definition) is 3. The van der Waals surface area contributed by atoms with E-state index in [1.165, 1.54) is 0 Å². The Hall–Kier alpha value is -1.07. The number of rotatable bonds is 2. The van der Waals surface area contributed by atoms with Gasteiger partial charge in [-0.2, -0.15) is 0 Å². The zero-order chi connectivity index (χ0) is 12.4. The number of aromatic hydroxyl groups is 1. The van der Waals surface area contributed by atoms with Gasteiger partial charge < -0.3 is 16.2 Å². The first-order chi connectivity index (χ1) is 8.08. The summed E-state index contributed by atoms with van der Waals surface area (Å²) in [7, 11) is 0. The lowest BCUT2D eigenvalue weighted by Gasteiger charge is -2.12. The number of hydrogen-bond acceptors (Lipinski definition) is 3. The fourth-order valence-electron chi connectivity index (χ4n) is 2.11. The predicted molar refractivity (Wildman–Crippen MR) is 69.8 cm³/mol. The molecule has 92 valence electrons. The minimum absolute atomic E-state index is 0.0385. The van der Waals surface area contributed by atoms with Crippen molar-refractivity contribution in [2.45, 2.75) is 25.3 Å². The maximum absolute atomic E-state index is 11.9. The van der Waals surface area contributed by atoms with E-state index >= 15 is 0 Å². The van der Waals surface area contributed by atoms with Gasteiger partial charge >= 0.3 is 0 Å². The molecule has 0 radical (unpaired) electrons. The first kappa shape index (κ1) is 12.4. The standard InChI is InChI=1S/C12H15BrN2O2/c13-9-2-1-3-10(11(9)16)15-12(17)7-4-5-8(14)6-7/h1-3,7-8,16H,4-6,14H2,(H,15,17). The molecule has 1 aliphatic rings. The summed E-state index contributed by atoms with van der Waals surface area (Å²) >= 11 is 3.21. The smallest absolute Gasteiger partial charge is 0.227 e. The van der Waals surface area contributed by atoms with Gasteiger partial charge in [-0.05, 0) is 47.3 Å². The number of amides is 1. The van der Waals surface area contributed by atoms with Crippen molar-refractivity contribution in [3.05, 3.63) is 22.7 Å². The summed E-state index contributed by atoms with van der Waals surface area (Å²) in [6.45, 7) is 0. The lowest BCUT2D eigenvalue weighted by atomic mass is 10.1. The third-order valence-corrected chi connectivity index (χ3v) is 3.73. The van der Waals surface area contributed by atoms with Crippen molar-refractivity contribution in [2.75, 3.05) is 5.32 Å². The van der Waals surface area contributed by atoms with Gasteiger partial charge in [0, 0.05) is 12.0 Å². The summed E-state index contributed by atoms with van der Waals surface area (Å²) in [5, 5.41) is 12.5. The second-order valence-electron chi connectivity index (χ2n) is 4.40. The van der Waals surface area contributed by atoms with Gasteiger partial charge in [0.25, 0.3) is 0 Å². The third kappa shape index (κ3) is 2.79. The molecule has 0 aliphatic heterocycles. The average Bonchev–Trinajstić information content (AvgIpc) is 2.72. The Morgan fingerprint density at radius 1 is 1.47 bits per heavy atom. The highest BCUT2D eigenvalue weighted by Gasteiger charge is 2.28. The number of phenols is 1. The van der Waals surface area contributed by atoms with E-state index < -0.39 is 0 Å². The van der Waals surface area contributed by atoms with E-state index in [1.807, 2.05) is 0 Å². The van der Waals surface area contributed by atoms with Crippen LogP contribution < -0.4 is 11.1 Å². The van der Waals surface area contributed by atoms with Crippen LogP contribution in [0.25, 0.3) is 0 Å². The SMILES string of the molecule is NC1CCC(C(=O)Nc2cccc(Br)c2O)C1. The zero-order valence-corrected chi connectivity index (χ0v) is 10.9. The Morgan fingerprint density at radius 3 is 2.88 bits per heavy atom. The molecule has 0 heterocycles. The van der Waals surface area contributed by atoms with Crippen molar-refractivity contribution in [1.29, 1.82) is 0 Å². The average molecular weight is 299 g/mol. The summed E-state index contributed by atoms with van der Waals surface area (Å²) in [5.41, 5.74) is 6.21. The van der Waals surface area contributed by atoms with Gasteiger partial charge in [-0.15, -0.1) is 0 Å². The van der Waals surface area contributed by atoms with Crippen molar-refractivity contribution in [2.24, 2.45) is 11.7 Å². The third-order valence-electron chi connectivity index (χ3n) is 3.09.